The van der Waals surface area contributed by atoms with Crippen LogP contribution in [0.2, 0.25) is 0 Å². The first kappa shape index (κ1) is 11.2. The van der Waals surface area contributed by atoms with Crippen molar-refractivity contribution in [2.45, 2.75) is 12.5 Å². The smallest absolute Gasteiger partial charge is 0.202 e. The molecule has 2 aromatic rings. The molecule has 0 radical (unpaired) electrons. The van der Waals surface area contributed by atoms with Crippen LogP contribution in [0.3, 0.4) is 0 Å². The van der Waals surface area contributed by atoms with Crippen LogP contribution in [0.1, 0.15) is 5.56 Å². The van der Waals surface area contributed by atoms with E-state index in [4.69, 9.17) is 5.73 Å². The molecule has 16 heavy (non-hydrogen) atoms. The third-order valence-corrected chi connectivity index (χ3v) is 3.07. The third kappa shape index (κ3) is 1.99. The Morgan fingerprint density at radius 3 is 2.88 bits per heavy atom. The van der Waals surface area contributed by atoms with Gasteiger partial charge in [0.2, 0.25) is 5.12 Å². The van der Waals surface area contributed by atoms with E-state index in [1.807, 2.05) is 42.1 Å². The highest BCUT2D eigenvalue weighted by Crippen LogP contribution is 2.21. The van der Waals surface area contributed by atoms with Crippen molar-refractivity contribution in [1.82, 2.24) is 4.57 Å². The number of para-hydroxylation sites is 1. The second-order valence-electron chi connectivity index (χ2n) is 3.93. The number of hydrogen-bond donors (Lipinski definition) is 2. The number of aryl methyl sites for hydroxylation is 1. The van der Waals surface area contributed by atoms with Gasteiger partial charge in [-0.15, -0.1) is 12.6 Å². The molecule has 2 rings (SSSR count). The predicted octanol–water partition coefficient (Wildman–Crippen LogP) is 1.50. The molecule has 0 bridgehead atoms. The van der Waals surface area contributed by atoms with Crippen LogP contribution in [0, 0.1) is 0 Å². The quantitative estimate of drug-likeness (QED) is 0.791. The lowest BCUT2D eigenvalue weighted by Gasteiger charge is -2.05. The zero-order chi connectivity index (χ0) is 11.7. The van der Waals surface area contributed by atoms with Gasteiger partial charge < -0.3 is 10.3 Å². The first-order chi connectivity index (χ1) is 7.59. The molecule has 0 unspecified atom stereocenters. The lowest BCUT2D eigenvalue weighted by atomic mass is 10.1. The number of carbonyl (C=O) groups is 1. The maximum atomic E-state index is 11.0. The summed E-state index contributed by atoms with van der Waals surface area (Å²) in [6.07, 6.45) is 2.55. The van der Waals surface area contributed by atoms with E-state index in [9.17, 15) is 4.79 Å². The second-order valence-corrected chi connectivity index (χ2v) is 4.37. The maximum absolute atomic E-state index is 11.0. The number of aromatic nitrogens is 1. The molecule has 1 aromatic heterocycles. The van der Waals surface area contributed by atoms with E-state index >= 15 is 0 Å². The van der Waals surface area contributed by atoms with Crippen LogP contribution in [-0.2, 0) is 18.3 Å². The Morgan fingerprint density at radius 2 is 2.19 bits per heavy atom. The first-order valence-electron chi connectivity index (χ1n) is 5.11. The van der Waals surface area contributed by atoms with Crippen LogP contribution in [-0.4, -0.2) is 15.7 Å². The molecule has 0 aliphatic rings. The molecule has 0 saturated heterocycles. The van der Waals surface area contributed by atoms with E-state index in [2.05, 4.69) is 12.6 Å². The van der Waals surface area contributed by atoms with Gasteiger partial charge >= 0.3 is 0 Å². The molecular weight excluding hydrogens is 220 g/mol. The minimum absolute atomic E-state index is 0.270. The standard InChI is InChI=1S/C12H14N2OS/c1-14-7-8(6-10(13)12(15)16)9-4-2-3-5-11(9)14/h2-5,7,10H,6,13H2,1H3,(H,15,16)/t10-/m1/s1. The minimum Gasteiger partial charge on any atom is -0.350 e. The van der Waals surface area contributed by atoms with Gasteiger partial charge in [0, 0.05) is 24.1 Å². The summed E-state index contributed by atoms with van der Waals surface area (Å²) in [7, 11) is 1.99. The van der Waals surface area contributed by atoms with Gasteiger partial charge in [-0.25, -0.2) is 0 Å². The molecule has 0 amide bonds. The second kappa shape index (κ2) is 4.31. The van der Waals surface area contributed by atoms with E-state index in [1.54, 1.807) is 0 Å². The van der Waals surface area contributed by atoms with Gasteiger partial charge in [-0.05, 0) is 18.1 Å². The SMILES string of the molecule is Cn1cc(C[C@@H](N)C(=O)S)c2ccccc21. The van der Waals surface area contributed by atoms with Gasteiger partial charge in [0.25, 0.3) is 0 Å². The molecule has 0 fully saturated rings. The van der Waals surface area contributed by atoms with Gasteiger partial charge in [0.1, 0.15) is 0 Å². The van der Waals surface area contributed by atoms with Crippen LogP contribution >= 0.6 is 12.6 Å². The van der Waals surface area contributed by atoms with Crippen molar-refractivity contribution < 1.29 is 4.79 Å². The Labute approximate surface area is 99.6 Å². The molecule has 0 aliphatic heterocycles. The molecule has 0 aliphatic carbocycles. The van der Waals surface area contributed by atoms with E-state index in [0.29, 0.717) is 6.42 Å². The van der Waals surface area contributed by atoms with E-state index in [1.165, 1.54) is 0 Å². The molecule has 0 spiro atoms. The molecule has 0 saturated carbocycles. The summed E-state index contributed by atoms with van der Waals surface area (Å²) in [4.78, 5) is 11.0. The van der Waals surface area contributed by atoms with Crippen molar-refractivity contribution in [3.8, 4) is 0 Å². The Bertz CT molecular complexity index is 533. The van der Waals surface area contributed by atoms with Gasteiger partial charge in [0.15, 0.2) is 0 Å². The van der Waals surface area contributed by atoms with Crippen molar-refractivity contribution in [1.29, 1.82) is 0 Å². The first-order valence-corrected chi connectivity index (χ1v) is 5.55. The highest BCUT2D eigenvalue weighted by atomic mass is 32.1. The third-order valence-electron chi connectivity index (χ3n) is 2.74. The van der Waals surface area contributed by atoms with E-state index < -0.39 is 6.04 Å². The van der Waals surface area contributed by atoms with Gasteiger partial charge in [-0.1, -0.05) is 18.2 Å². The monoisotopic (exact) mass is 234 g/mol. The Balaban J connectivity index is 2.42. The Kier molecular flexibility index (Phi) is 3.03. The number of rotatable bonds is 3. The van der Waals surface area contributed by atoms with Crippen molar-refractivity contribution in [2.75, 3.05) is 0 Å². The molecule has 1 atom stereocenters. The number of nitrogens with two attached hydrogens (primary N) is 1. The summed E-state index contributed by atoms with van der Waals surface area (Å²) in [6.45, 7) is 0. The molecule has 84 valence electrons. The zero-order valence-corrected chi connectivity index (χ0v) is 9.95. The number of hydrogen-bond acceptors (Lipinski definition) is 2. The van der Waals surface area contributed by atoms with E-state index in [-0.39, 0.29) is 5.12 Å². The average Bonchev–Trinajstić information content (AvgIpc) is 2.57. The van der Waals surface area contributed by atoms with Crippen molar-refractivity contribution in [3.05, 3.63) is 36.0 Å². The highest BCUT2D eigenvalue weighted by Gasteiger charge is 2.13. The zero-order valence-electron chi connectivity index (χ0n) is 9.05. The largest absolute Gasteiger partial charge is 0.350 e. The van der Waals surface area contributed by atoms with Gasteiger partial charge in [-0.3, -0.25) is 4.79 Å². The lowest BCUT2D eigenvalue weighted by molar-refractivity contribution is -0.111. The Hall–Kier alpha value is -1.26. The predicted molar refractivity (Wildman–Crippen MR) is 68.6 cm³/mol. The number of benzene rings is 1. The van der Waals surface area contributed by atoms with Crippen LogP contribution in [0.4, 0.5) is 0 Å². The number of thiol groups is 1. The topological polar surface area (TPSA) is 48.0 Å². The van der Waals surface area contributed by atoms with Crippen LogP contribution < -0.4 is 5.73 Å². The molecule has 1 heterocycles. The summed E-state index contributed by atoms with van der Waals surface area (Å²) < 4.78 is 2.04. The summed E-state index contributed by atoms with van der Waals surface area (Å²) in [5.74, 6) is 0. The molecule has 3 nitrogen and oxygen atoms in total. The molecular formula is C12H14N2OS. The average molecular weight is 234 g/mol. The van der Waals surface area contributed by atoms with Crippen molar-refractivity contribution in [2.24, 2.45) is 12.8 Å². The molecule has 2 N–H and O–H groups in total. The molecule has 1 aromatic carbocycles. The minimum atomic E-state index is -0.533. The number of carbonyl (C=O) groups excluding carboxylic acids is 1. The fourth-order valence-electron chi connectivity index (χ4n) is 1.91. The Morgan fingerprint density at radius 1 is 1.50 bits per heavy atom. The van der Waals surface area contributed by atoms with Crippen molar-refractivity contribution >= 4 is 28.6 Å². The fourth-order valence-corrected chi connectivity index (χ4v) is 2.00. The summed E-state index contributed by atoms with van der Waals surface area (Å²) in [5, 5.41) is 0.878. The number of fused-ring (bicyclic) bond motifs is 1. The van der Waals surface area contributed by atoms with Gasteiger partial charge in [0.05, 0.1) is 6.04 Å². The van der Waals surface area contributed by atoms with Crippen LogP contribution in [0.15, 0.2) is 30.5 Å². The number of nitrogens with zero attached hydrogens (tertiary/aromatic N) is 1. The fraction of sp³-hybridized carbons (Fsp3) is 0.250. The normalized spacial score (nSPS) is 12.9. The summed E-state index contributed by atoms with van der Waals surface area (Å²) in [6, 6.07) is 7.54. The van der Waals surface area contributed by atoms with Crippen molar-refractivity contribution in [3.63, 3.8) is 0 Å². The lowest BCUT2D eigenvalue weighted by Crippen LogP contribution is -2.29. The van der Waals surface area contributed by atoms with E-state index in [0.717, 1.165) is 16.5 Å². The highest BCUT2D eigenvalue weighted by molar-refractivity contribution is 7.96. The van der Waals surface area contributed by atoms with Gasteiger partial charge in [-0.2, -0.15) is 0 Å². The summed E-state index contributed by atoms with van der Waals surface area (Å²) in [5.41, 5.74) is 7.95. The van der Waals surface area contributed by atoms with Crippen LogP contribution in [0.25, 0.3) is 10.9 Å². The van der Waals surface area contributed by atoms with Crippen LogP contribution in [0.5, 0.6) is 0 Å². The molecule has 4 heteroatoms. The maximum Gasteiger partial charge on any atom is 0.202 e. The summed E-state index contributed by atoms with van der Waals surface area (Å²) >= 11 is 3.75.